The first-order chi connectivity index (χ1) is 16.5. The van der Waals surface area contributed by atoms with Crippen molar-refractivity contribution in [2.24, 2.45) is 0 Å². The molecule has 4 rings (SSSR count). The van der Waals surface area contributed by atoms with Crippen molar-refractivity contribution in [2.75, 3.05) is 25.5 Å². The predicted octanol–water partition coefficient (Wildman–Crippen LogP) is 3.82. The number of anilines is 2. The number of hydrogen-bond donors (Lipinski definition) is 3. The second-order valence-corrected chi connectivity index (χ2v) is 7.99. The molecule has 0 amide bonds. The van der Waals surface area contributed by atoms with Gasteiger partial charge in [0, 0.05) is 23.9 Å². The molecule has 1 atom stereocenters. The molecular weight excluding hydrogens is 432 g/mol. The van der Waals surface area contributed by atoms with Gasteiger partial charge in [-0.15, -0.1) is 0 Å². The number of nitrogens with zero attached hydrogens (tertiary/aromatic N) is 4. The van der Waals surface area contributed by atoms with Gasteiger partial charge in [-0.25, -0.2) is 9.97 Å². The summed E-state index contributed by atoms with van der Waals surface area (Å²) >= 11 is 0. The monoisotopic (exact) mass is 460 g/mol. The molecule has 0 bridgehead atoms. The predicted molar refractivity (Wildman–Crippen MR) is 130 cm³/mol. The lowest BCUT2D eigenvalue weighted by atomic mass is 10.0. The highest BCUT2D eigenvalue weighted by Gasteiger charge is 2.20. The number of benzene rings is 1. The highest BCUT2D eigenvalue weighted by Crippen LogP contribution is 2.34. The Hall–Kier alpha value is -3.82. The van der Waals surface area contributed by atoms with E-state index < -0.39 is 6.10 Å². The first kappa shape index (κ1) is 23.3. The Morgan fingerprint density at radius 1 is 1.12 bits per heavy atom. The smallest absolute Gasteiger partial charge is 0.162 e. The maximum atomic E-state index is 9.96. The minimum Gasteiger partial charge on any atom is -0.491 e. The van der Waals surface area contributed by atoms with Gasteiger partial charge in [-0.1, -0.05) is 17.3 Å². The Labute approximate surface area is 198 Å². The molecule has 1 aromatic carbocycles. The molecule has 3 N–H and O–H groups in total. The van der Waals surface area contributed by atoms with Gasteiger partial charge >= 0.3 is 0 Å². The van der Waals surface area contributed by atoms with Crippen molar-refractivity contribution in [1.29, 1.82) is 0 Å². The summed E-state index contributed by atoms with van der Waals surface area (Å²) < 4.78 is 11.2. The van der Waals surface area contributed by atoms with Crippen molar-refractivity contribution < 1.29 is 14.4 Å². The van der Waals surface area contributed by atoms with Gasteiger partial charge in [0.15, 0.2) is 5.82 Å². The highest BCUT2D eigenvalue weighted by atomic mass is 16.5. The van der Waals surface area contributed by atoms with Crippen molar-refractivity contribution in [1.82, 2.24) is 25.4 Å². The van der Waals surface area contributed by atoms with Crippen LogP contribution >= 0.6 is 0 Å². The van der Waals surface area contributed by atoms with E-state index in [0.29, 0.717) is 29.7 Å². The van der Waals surface area contributed by atoms with Crippen LogP contribution in [0.3, 0.4) is 0 Å². The fraction of sp³-hybridized carbons (Fsp3) is 0.280. The van der Waals surface area contributed by atoms with E-state index in [1.54, 1.807) is 19.4 Å². The lowest BCUT2D eigenvalue weighted by Crippen LogP contribution is -2.29. The molecular formula is C25H28N6O3. The van der Waals surface area contributed by atoms with Crippen LogP contribution < -0.4 is 15.4 Å². The second kappa shape index (κ2) is 10.4. The number of aliphatic hydroxyl groups excluding tert-OH is 1. The van der Waals surface area contributed by atoms with Gasteiger partial charge in [0.2, 0.25) is 0 Å². The summed E-state index contributed by atoms with van der Waals surface area (Å²) in [6.07, 6.45) is 2.85. The van der Waals surface area contributed by atoms with Gasteiger partial charge in [-0.3, -0.25) is 4.98 Å². The van der Waals surface area contributed by atoms with E-state index in [9.17, 15) is 5.11 Å². The number of aliphatic hydroxyl groups is 1. The van der Waals surface area contributed by atoms with Crippen LogP contribution in [0.2, 0.25) is 0 Å². The molecule has 0 saturated carbocycles. The third-order valence-electron chi connectivity index (χ3n) is 5.31. The van der Waals surface area contributed by atoms with Gasteiger partial charge in [-0.2, -0.15) is 0 Å². The maximum absolute atomic E-state index is 9.96. The van der Waals surface area contributed by atoms with Crippen LogP contribution in [0.25, 0.3) is 22.6 Å². The molecule has 0 aliphatic rings. The molecule has 3 heterocycles. The quantitative estimate of drug-likeness (QED) is 0.342. The van der Waals surface area contributed by atoms with Gasteiger partial charge in [0.25, 0.3) is 0 Å². The topological polar surface area (TPSA) is 118 Å². The SMILES string of the molecule is CNCC(O)COc1cccc(-c2nc(Nc3cccnc3)c(C)c(-c3c(C)noc3C)n2)c1. The van der Waals surface area contributed by atoms with Crippen LogP contribution in [0.15, 0.2) is 53.3 Å². The molecule has 1 unspecified atom stereocenters. The number of ether oxygens (including phenoxy) is 1. The van der Waals surface area contributed by atoms with Gasteiger partial charge < -0.3 is 25.0 Å². The molecule has 9 nitrogen and oxygen atoms in total. The summed E-state index contributed by atoms with van der Waals surface area (Å²) in [4.78, 5) is 13.9. The number of aryl methyl sites for hydroxylation is 2. The van der Waals surface area contributed by atoms with E-state index in [-0.39, 0.29) is 6.61 Å². The zero-order valence-electron chi connectivity index (χ0n) is 19.7. The molecule has 9 heteroatoms. The summed E-state index contributed by atoms with van der Waals surface area (Å²) in [6.45, 7) is 6.36. The Bertz CT molecular complexity index is 1240. The van der Waals surface area contributed by atoms with Crippen molar-refractivity contribution in [3.8, 4) is 28.4 Å². The van der Waals surface area contributed by atoms with Crippen LogP contribution in [0.4, 0.5) is 11.5 Å². The van der Waals surface area contributed by atoms with E-state index in [0.717, 1.165) is 33.8 Å². The van der Waals surface area contributed by atoms with Crippen molar-refractivity contribution in [2.45, 2.75) is 26.9 Å². The van der Waals surface area contributed by atoms with Crippen LogP contribution in [-0.4, -0.2) is 51.5 Å². The summed E-state index contributed by atoms with van der Waals surface area (Å²) in [5.41, 5.74) is 4.80. The molecule has 0 fully saturated rings. The largest absolute Gasteiger partial charge is 0.491 e. The summed E-state index contributed by atoms with van der Waals surface area (Å²) in [6, 6.07) is 11.3. The Morgan fingerprint density at radius 2 is 1.97 bits per heavy atom. The lowest BCUT2D eigenvalue weighted by molar-refractivity contribution is 0.108. The second-order valence-electron chi connectivity index (χ2n) is 7.99. The number of pyridine rings is 1. The Kier molecular flexibility index (Phi) is 7.15. The molecule has 0 radical (unpaired) electrons. The summed E-state index contributed by atoms with van der Waals surface area (Å²) in [7, 11) is 1.78. The van der Waals surface area contributed by atoms with Crippen molar-refractivity contribution in [3.05, 3.63) is 65.8 Å². The average Bonchev–Trinajstić information content (AvgIpc) is 3.18. The maximum Gasteiger partial charge on any atom is 0.162 e. The van der Waals surface area contributed by atoms with Gasteiger partial charge in [-0.05, 0) is 52.1 Å². The molecule has 3 aromatic heterocycles. The van der Waals surface area contributed by atoms with E-state index >= 15 is 0 Å². The first-order valence-electron chi connectivity index (χ1n) is 11.0. The fourth-order valence-electron chi connectivity index (χ4n) is 3.62. The van der Waals surface area contributed by atoms with Crippen LogP contribution in [-0.2, 0) is 0 Å². The van der Waals surface area contributed by atoms with E-state index in [1.165, 1.54) is 0 Å². The molecule has 0 saturated heterocycles. The third kappa shape index (κ3) is 5.22. The number of aromatic nitrogens is 4. The number of hydrogen-bond acceptors (Lipinski definition) is 9. The molecule has 4 aromatic rings. The number of nitrogens with one attached hydrogen (secondary N) is 2. The summed E-state index contributed by atoms with van der Waals surface area (Å²) in [5.74, 6) is 2.49. The third-order valence-corrected chi connectivity index (χ3v) is 5.31. The van der Waals surface area contributed by atoms with Gasteiger partial charge in [0.1, 0.15) is 30.0 Å². The van der Waals surface area contributed by atoms with Crippen molar-refractivity contribution >= 4 is 11.5 Å². The molecule has 34 heavy (non-hydrogen) atoms. The van der Waals surface area contributed by atoms with E-state index in [4.69, 9.17) is 19.2 Å². The van der Waals surface area contributed by atoms with Crippen LogP contribution in [0.5, 0.6) is 5.75 Å². The van der Waals surface area contributed by atoms with E-state index in [1.807, 2.05) is 57.2 Å². The molecule has 0 aliphatic carbocycles. The standard InChI is InChI=1S/C25H28N6O3/c1-15-23(22-16(2)31-34-17(22)3)29-25(30-24(15)28-19-8-6-10-27-12-19)18-7-5-9-21(11-18)33-14-20(32)13-26-4/h5-12,20,26,32H,13-14H2,1-4H3,(H,28,29,30). The van der Waals surface area contributed by atoms with Crippen LogP contribution in [0.1, 0.15) is 17.0 Å². The normalized spacial score (nSPS) is 11.9. The Morgan fingerprint density at radius 3 is 2.68 bits per heavy atom. The summed E-state index contributed by atoms with van der Waals surface area (Å²) in [5, 5.41) is 20.3. The first-order valence-corrected chi connectivity index (χ1v) is 11.0. The van der Waals surface area contributed by atoms with Crippen molar-refractivity contribution in [3.63, 3.8) is 0 Å². The minimum atomic E-state index is -0.606. The molecule has 176 valence electrons. The number of likely N-dealkylation sites (N-methyl/N-ethyl adjacent to an activating group) is 1. The highest BCUT2D eigenvalue weighted by molar-refractivity contribution is 5.76. The lowest BCUT2D eigenvalue weighted by Gasteiger charge is -2.15. The zero-order valence-corrected chi connectivity index (χ0v) is 19.7. The average molecular weight is 461 g/mol. The molecule has 0 aliphatic heterocycles. The minimum absolute atomic E-state index is 0.178. The van der Waals surface area contributed by atoms with Crippen LogP contribution in [0, 0.1) is 20.8 Å². The zero-order chi connectivity index (χ0) is 24.1. The fourth-order valence-corrected chi connectivity index (χ4v) is 3.62. The Balaban J connectivity index is 1.76. The van der Waals surface area contributed by atoms with Gasteiger partial charge in [0.05, 0.1) is 28.8 Å². The van der Waals surface area contributed by atoms with E-state index in [2.05, 4.69) is 20.8 Å². The molecule has 0 spiro atoms. The number of rotatable bonds is 9.